The number of hydrogen-bond donors (Lipinski definition) is 1. The average Bonchev–Trinajstić information content (AvgIpc) is 2.79. The van der Waals surface area contributed by atoms with Crippen LogP contribution in [-0.4, -0.2) is 38.1 Å². The molecule has 1 unspecified atom stereocenters. The molecule has 2 heteroatoms. The molecular formula is C14H20N2. The van der Waals surface area contributed by atoms with E-state index < -0.39 is 0 Å². The van der Waals surface area contributed by atoms with Crippen molar-refractivity contribution < 1.29 is 0 Å². The summed E-state index contributed by atoms with van der Waals surface area (Å²) in [5.41, 5.74) is 3.04. The molecule has 1 atom stereocenters. The van der Waals surface area contributed by atoms with Gasteiger partial charge in [0, 0.05) is 25.6 Å². The highest BCUT2D eigenvalue weighted by molar-refractivity contribution is 5.30. The number of likely N-dealkylation sites (N-methyl/N-ethyl adjacent to an activating group) is 1. The zero-order chi connectivity index (χ0) is 11.0. The Labute approximate surface area is 97.6 Å². The minimum Gasteiger partial charge on any atom is -0.316 e. The summed E-state index contributed by atoms with van der Waals surface area (Å²) >= 11 is 0. The number of hydrogen-bond acceptors (Lipinski definition) is 2. The van der Waals surface area contributed by atoms with Crippen LogP contribution in [0.2, 0.25) is 0 Å². The van der Waals surface area contributed by atoms with E-state index in [-0.39, 0.29) is 0 Å². The SMILES string of the molecule is CN1CC(c2ccc(C3CCNC3)cc2)C1. The Morgan fingerprint density at radius 2 is 1.69 bits per heavy atom. The molecule has 0 aromatic heterocycles. The molecule has 0 spiro atoms. The second-order valence-electron chi connectivity index (χ2n) is 5.27. The fraction of sp³-hybridized carbons (Fsp3) is 0.571. The molecule has 0 bridgehead atoms. The van der Waals surface area contributed by atoms with E-state index in [0.29, 0.717) is 0 Å². The maximum Gasteiger partial charge on any atom is 0.00933 e. The van der Waals surface area contributed by atoms with Crippen molar-refractivity contribution in [2.24, 2.45) is 0 Å². The van der Waals surface area contributed by atoms with Crippen molar-refractivity contribution >= 4 is 0 Å². The molecular weight excluding hydrogens is 196 g/mol. The van der Waals surface area contributed by atoms with Gasteiger partial charge >= 0.3 is 0 Å². The van der Waals surface area contributed by atoms with Crippen LogP contribution in [0.5, 0.6) is 0 Å². The highest BCUT2D eigenvalue weighted by atomic mass is 15.2. The first-order chi connectivity index (χ1) is 7.83. The molecule has 86 valence electrons. The average molecular weight is 216 g/mol. The fourth-order valence-electron chi connectivity index (χ4n) is 2.89. The van der Waals surface area contributed by atoms with Gasteiger partial charge < -0.3 is 10.2 Å². The summed E-state index contributed by atoms with van der Waals surface area (Å²) in [7, 11) is 2.19. The Kier molecular flexibility index (Phi) is 2.70. The summed E-state index contributed by atoms with van der Waals surface area (Å²) in [4.78, 5) is 2.37. The number of rotatable bonds is 2. The molecule has 16 heavy (non-hydrogen) atoms. The van der Waals surface area contributed by atoms with Crippen LogP contribution in [0.3, 0.4) is 0 Å². The van der Waals surface area contributed by atoms with Crippen molar-refractivity contribution in [2.45, 2.75) is 18.3 Å². The first kappa shape index (κ1) is 10.3. The molecule has 2 fully saturated rings. The van der Waals surface area contributed by atoms with Gasteiger partial charge in [-0.15, -0.1) is 0 Å². The highest BCUT2D eigenvalue weighted by Crippen LogP contribution is 2.28. The molecule has 0 aliphatic carbocycles. The summed E-state index contributed by atoms with van der Waals surface area (Å²) in [6, 6.07) is 9.35. The van der Waals surface area contributed by atoms with E-state index in [0.717, 1.165) is 18.4 Å². The molecule has 1 aromatic rings. The number of nitrogens with zero attached hydrogens (tertiary/aromatic N) is 1. The number of benzene rings is 1. The Bertz CT molecular complexity index is 346. The van der Waals surface area contributed by atoms with E-state index in [4.69, 9.17) is 0 Å². The summed E-state index contributed by atoms with van der Waals surface area (Å²) in [5.74, 6) is 1.53. The van der Waals surface area contributed by atoms with Gasteiger partial charge in [0.25, 0.3) is 0 Å². The van der Waals surface area contributed by atoms with E-state index in [1.165, 1.54) is 37.2 Å². The zero-order valence-corrected chi connectivity index (χ0v) is 9.95. The highest BCUT2D eigenvalue weighted by Gasteiger charge is 2.25. The largest absolute Gasteiger partial charge is 0.316 e. The molecule has 2 aliphatic rings. The summed E-state index contributed by atoms with van der Waals surface area (Å²) in [5, 5.41) is 3.43. The van der Waals surface area contributed by atoms with Gasteiger partial charge in [0.2, 0.25) is 0 Å². The summed E-state index contributed by atoms with van der Waals surface area (Å²) < 4.78 is 0. The van der Waals surface area contributed by atoms with Crippen LogP contribution in [0.4, 0.5) is 0 Å². The smallest absolute Gasteiger partial charge is 0.00933 e. The molecule has 0 amide bonds. The lowest BCUT2D eigenvalue weighted by Gasteiger charge is -2.36. The Morgan fingerprint density at radius 1 is 1.06 bits per heavy atom. The molecule has 2 aliphatic heterocycles. The predicted octanol–water partition coefficient (Wildman–Crippen LogP) is 1.79. The number of nitrogens with one attached hydrogen (secondary N) is 1. The second kappa shape index (κ2) is 4.19. The van der Waals surface area contributed by atoms with E-state index >= 15 is 0 Å². The molecule has 2 saturated heterocycles. The van der Waals surface area contributed by atoms with Crippen LogP contribution in [0, 0.1) is 0 Å². The maximum absolute atomic E-state index is 3.43. The maximum atomic E-state index is 3.43. The van der Waals surface area contributed by atoms with Gasteiger partial charge in [-0.3, -0.25) is 0 Å². The van der Waals surface area contributed by atoms with E-state index in [1.807, 2.05) is 0 Å². The van der Waals surface area contributed by atoms with Crippen molar-refractivity contribution in [3.63, 3.8) is 0 Å². The van der Waals surface area contributed by atoms with Crippen LogP contribution in [0.25, 0.3) is 0 Å². The third-order valence-electron chi connectivity index (χ3n) is 4.00. The van der Waals surface area contributed by atoms with Gasteiger partial charge in [-0.05, 0) is 37.1 Å². The van der Waals surface area contributed by atoms with E-state index in [1.54, 1.807) is 0 Å². The van der Waals surface area contributed by atoms with E-state index in [2.05, 4.69) is 41.5 Å². The lowest BCUT2D eigenvalue weighted by atomic mass is 9.89. The Morgan fingerprint density at radius 3 is 2.19 bits per heavy atom. The third-order valence-corrected chi connectivity index (χ3v) is 4.00. The predicted molar refractivity (Wildman–Crippen MR) is 66.9 cm³/mol. The Balaban J connectivity index is 1.69. The number of likely N-dealkylation sites (tertiary alicyclic amines) is 1. The molecule has 0 saturated carbocycles. The zero-order valence-electron chi connectivity index (χ0n) is 9.95. The fourth-order valence-corrected chi connectivity index (χ4v) is 2.89. The minimum atomic E-state index is 0.748. The Hall–Kier alpha value is -0.860. The molecule has 2 heterocycles. The van der Waals surface area contributed by atoms with Crippen molar-refractivity contribution in [3.05, 3.63) is 35.4 Å². The molecule has 3 rings (SSSR count). The third kappa shape index (κ3) is 1.87. The van der Waals surface area contributed by atoms with Crippen molar-refractivity contribution in [1.29, 1.82) is 0 Å². The molecule has 1 N–H and O–H groups in total. The van der Waals surface area contributed by atoms with Crippen LogP contribution in [0.15, 0.2) is 24.3 Å². The standard InChI is InChI=1S/C14H20N2/c1-16-9-14(10-16)12-4-2-11(3-5-12)13-6-7-15-8-13/h2-5,13-15H,6-10H2,1H3. The quantitative estimate of drug-likeness (QED) is 0.811. The second-order valence-corrected chi connectivity index (χ2v) is 5.27. The first-order valence-corrected chi connectivity index (χ1v) is 6.32. The van der Waals surface area contributed by atoms with Crippen LogP contribution in [0.1, 0.15) is 29.4 Å². The van der Waals surface area contributed by atoms with Gasteiger partial charge in [0.15, 0.2) is 0 Å². The van der Waals surface area contributed by atoms with Gasteiger partial charge in [0.1, 0.15) is 0 Å². The molecule has 1 aromatic carbocycles. The van der Waals surface area contributed by atoms with Crippen molar-refractivity contribution in [1.82, 2.24) is 10.2 Å². The van der Waals surface area contributed by atoms with Crippen LogP contribution in [-0.2, 0) is 0 Å². The van der Waals surface area contributed by atoms with Crippen molar-refractivity contribution in [2.75, 3.05) is 33.2 Å². The molecule has 0 radical (unpaired) electrons. The normalized spacial score (nSPS) is 26.9. The van der Waals surface area contributed by atoms with Gasteiger partial charge in [-0.1, -0.05) is 24.3 Å². The topological polar surface area (TPSA) is 15.3 Å². The molecule has 2 nitrogen and oxygen atoms in total. The van der Waals surface area contributed by atoms with Crippen molar-refractivity contribution in [3.8, 4) is 0 Å². The lowest BCUT2D eigenvalue weighted by Crippen LogP contribution is -2.41. The lowest BCUT2D eigenvalue weighted by molar-refractivity contribution is 0.190. The summed E-state index contributed by atoms with van der Waals surface area (Å²) in [6.45, 7) is 4.79. The summed E-state index contributed by atoms with van der Waals surface area (Å²) in [6.07, 6.45) is 1.30. The monoisotopic (exact) mass is 216 g/mol. The van der Waals surface area contributed by atoms with Gasteiger partial charge in [0.05, 0.1) is 0 Å². The minimum absolute atomic E-state index is 0.748. The van der Waals surface area contributed by atoms with Crippen LogP contribution >= 0.6 is 0 Å². The first-order valence-electron chi connectivity index (χ1n) is 6.32. The van der Waals surface area contributed by atoms with Gasteiger partial charge in [-0.2, -0.15) is 0 Å². The van der Waals surface area contributed by atoms with E-state index in [9.17, 15) is 0 Å². The van der Waals surface area contributed by atoms with Crippen LogP contribution < -0.4 is 5.32 Å². The van der Waals surface area contributed by atoms with Gasteiger partial charge in [-0.25, -0.2) is 0 Å².